The Labute approximate surface area is 136 Å². The van der Waals surface area contributed by atoms with Crippen LogP contribution in [0, 0.1) is 11.7 Å². The van der Waals surface area contributed by atoms with Crippen LogP contribution in [0.15, 0.2) is 24.3 Å². The molecule has 1 aromatic rings. The van der Waals surface area contributed by atoms with E-state index in [1.165, 1.54) is 24.1 Å². The first kappa shape index (κ1) is 16.8. The molecule has 2 heterocycles. The van der Waals surface area contributed by atoms with Crippen LogP contribution >= 0.6 is 0 Å². The second kappa shape index (κ2) is 7.69. The highest BCUT2D eigenvalue weighted by Gasteiger charge is 2.33. The second-order valence-electron chi connectivity index (χ2n) is 6.89. The molecule has 0 amide bonds. The molecule has 0 radical (unpaired) electrons. The predicted octanol–water partition coefficient (Wildman–Crippen LogP) is 2.53. The van der Waals surface area contributed by atoms with Gasteiger partial charge in [0.1, 0.15) is 12.0 Å². The molecule has 23 heavy (non-hydrogen) atoms. The van der Waals surface area contributed by atoms with Crippen LogP contribution in [-0.2, 0) is 11.2 Å². The molecule has 3 nitrogen and oxygen atoms in total. The zero-order chi connectivity index (χ0) is 16.2. The Kier molecular flexibility index (Phi) is 5.62. The van der Waals surface area contributed by atoms with E-state index in [9.17, 15) is 8.78 Å². The van der Waals surface area contributed by atoms with Crippen molar-refractivity contribution >= 4 is 0 Å². The number of piperidine rings is 1. The van der Waals surface area contributed by atoms with Crippen LogP contribution in [-0.4, -0.2) is 49.5 Å². The maximum Gasteiger partial charge on any atom is 0.123 e. The van der Waals surface area contributed by atoms with Crippen LogP contribution in [0.1, 0.15) is 24.8 Å². The van der Waals surface area contributed by atoms with Crippen molar-refractivity contribution in [2.75, 3.05) is 26.2 Å². The van der Waals surface area contributed by atoms with E-state index in [0.29, 0.717) is 25.5 Å². The standard InChI is InChI=1S/C18H26F2N2O/c19-15-5-3-13(4-6-15)10-14-2-1-8-22(11-14)12-17-18(21)16(20)7-9-23-17/h3-6,14,16-18H,1-2,7-12,21H2. The Hall–Kier alpha value is -1.04. The Bertz CT molecular complexity index is 496. The number of benzene rings is 1. The van der Waals surface area contributed by atoms with Crippen molar-refractivity contribution in [3.8, 4) is 0 Å². The molecular formula is C18H26F2N2O. The van der Waals surface area contributed by atoms with Crippen molar-refractivity contribution in [3.63, 3.8) is 0 Å². The van der Waals surface area contributed by atoms with Gasteiger partial charge in [-0.15, -0.1) is 0 Å². The molecule has 5 heteroatoms. The number of likely N-dealkylation sites (tertiary alicyclic amines) is 1. The molecule has 0 spiro atoms. The number of hydrogen-bond donors (Lipinski definition) is 1. The Morgan fingerprint density at radius 2 is 2.00 bits per heavy atom. The molecular weight excluding hydrogens is 298 g/mol. The average molecular weight is 324 g/mol. The maximum atomic E-state index is 13.7. The van der Waals surface area contributed by atoms with E-state index >= 15 is 0 Å². The summed E-state index contributed by atoms with van der Waals surface area (Å²) in [5.74, 6) is 0.360. The Balaban J connectivity index is 1.52. The summed E-state index contributed by atoms with van der Waals surface area (Å²) in [7, 11) is 0. The van der Waals surface area contributed by atoms with Crippen molar-refractivity contribution in [2.24, 2.45) is 11.7 Å². The summed E-state index contributed by atoms with van der Waals surface area (Å²) in [6.07, 6.45) is 2.52. The zero-order valence-electron chi connectivity index (χ0n) is 13.5. The minimum absolute atomic E-state index is 0.191. The molecule has 2 fully saturated rings. The third-order valence-corrected chi connectivity index (χ3v) is 5.05. The third-order valence-electron chi connectivity index (χ3n) is 5.05. The molecule has 3 rings (SSSR count). The van der Waals surface area contributed by atoms with Crippen LogP contribution in [0.2, 0.25) is 0 Å². The number of nitrogens with two attached hydrogens (primary N) is 1. The molecule has 0 bridgehead atoms. The van der Waals surface area contributed by atoms with Gasteiger partial charge in [0.25, 0.3) is 0 Å². The van der Waals surface area contributed by atoms with Crippen LogP contribution in [0.3, 0.4) is 0 Å². The first-order valence-electron chi connectivity index (χ1n) is 8.60. The molecule has 2 N–H and O–H groups in total. The monoisotopic (exact) mass is 324 g/mol. The van der Waals surface area contributed by atoms with Crippen molar-refractivity contribution in [2.45, 2.75) is 44.0 Å². The molecule has 1 aromatic carbocycles. The summed E-state index contributed by atoms with van der Waals surface area (Å²) in [5.41, 5.74) is 7.12. The van der Waals surface area contributed by atoms with E-state index in [2.05, 4.69) is 4.90 Å². The molecule has 0 aliphatic carbocycles. The lowest BCUT2D eigenvalue weighted by molar-refractivity contribution is -0.0534. The molecule has 2 aliphatic heterocycles. The first-order valence-corrected chi connectivity index (χ1v) is 8.60. The van der Waals surface area contributed by atoms with E-state index < -0.39 is 12.2 Å². The minimum atomic E-state index is -0.950. The predicted molar refractivity (Wildman–Crippen MR) is 86.5 cm³/mol. The fourth-order valence-electron chi connectivity index (χ4n) is 3.73. The van der Waals surface area contributed by atoms with Gasteiger partial charge in [-0.25, -0.2) is 8.78 Å². The fourth-order valence-corrected chi connectivity index (χ4v) is 3.73. The number of halogens is 2. The van der Waals surface area contributed by atoms with Crippen molar-refractivity contribution in [3.05, 3.63) is 35.6 Å². The number of nitrogens with zero attached hydrogens (tertiary/aromatic N) is 1. The Morgan fingerprint density at radius 1 is 1.22 bits per heavy atom. The summed E-state index contributed by atoms with van der Waals surface area (Å²) < 4.78 is 32.4. The summed E-state index contributed by atoms with van der Waals surface area (Å²) in [6, 6.07) is 6.25. The Morgan fingerprint density at radius 3 is 2.78 bits per heavy atom. The van der Waals surface area contributed by atoms with Crippen LogP contribution in [0.5, 0.6) is 0 Å². The number of alkyl halides is 1. The number of hydrogen-bond acceptors (Lipinski definition) is 3. The van der Waals surface area contributed by atoms with Gasteiger partial charge in [0.2, 0.25) is 0 Å². The van der Waals surface area contributed by atoms with E-state index in [1.54, 1.807) is 0 Å². The average Bonchev–Trinajstić information content (AvgIpc) is 2.54. The van der Waals surface area contributed by atoms with E-state index in [4.69, 9.17) is 10.5 Å². The topological polar surface area (TPSA) is 38.5 Å². The smallest absolute Gasteiger partial charge is 0.123 e. The third kappa shape index (κ3) is 4.49. The van der Waals surface area contributed by atoms with Gasteiger partial charge in [-0.1, -0.05) is 12.1 Å². The van der Waals surface area contributed by atoms with Gasteiger partial charge in [0.05, 0.1) is 12.1 Å². The molecule has 0 saturated carbocycles. The lowest BCUT2D eigenvalue weighted by Crippen LogP contribution is -2.54. The molecule has 0 aromatic heterocycles. The van der Waals surface area contributed by atoms with Crippen LogP contribution < -0.4 is 5.73 Å². The maximum absolute atomic E-state index is 13.7. The summed E-state index contributed by atoms with van der Waals surface area (Å²) in [4.78, 5) is 2.35. The summed E-state index contributed by atoms with van der Waals surface area (Å²) in [6.45, 7) is 3.16. The van der Waals surface area contributed by atoms with Gasteiger partial charge >= 0.3 is 0 Å². The second-order valence-corrected chi connectivity index (χ2v) is 6.89. The van der Waals surface area contributed by atoms with E-state index in [-0.39, 0.29) is 11.9 Å². The molecule has 4 unspecified atom stereocenters. The van der Waals surface area contributed by atoms with E-state index in [1.807, 2.05) is 12.1 Å². The quantitative estimate of drug-likeness (QED) is 0.925. The van der Waals surface area contributed by atoms with Crippen LogP contribution in [0.25, 0.3) is 0 Å². The molecule has 128 valence electrons. The van der Waals surface area contributed by atoms with E-state index in [0.717, 1.165) is 25.9 Å². The summed E-state index contributed by atoms with van der Waals surface area (Å²) in [5, 5.41) is 0. The SMILES string of the molecule is NC1C(F)CCOC1CN1CCCC(Cc2ccc(F)cc2)C1. The van der Waals surface area contributed by atoms with Gasteiger partial charge in [0.15, 0.2) is 0 Å². The van der Waals surface area contributed by atoms with Crippen molar-refractivity contribution in [1.82, 2.24) is 4.90 Å². The van der Waals surface area contributed by atoms with Gasteiger partial charge in [-0.05, 0) is 49.4 Å². The number of rotatable bonds is 4. The van der Waals surface area contributed by atoms with Gasteiger partial charge in [-0.3, -0.25) is 0 Å². The van der Waals surface area contributed by atoms with Gasteiger partial charge < -0.3 is 15.4 Å². The molecule has 2 saturated heterocycles. The van der Waals surface area contributed by atoms with Crippen molar-refractivity contribution in [1.29, 1.82) is 0 Å². The largest absolute Gasteiger partial charge is 0.375 e. The zero-order valence-corrected chi connectivity index (χ0v) is 13.5. The lowest BCUT2D eigenvalue weighted by Gasteiger charge is -2.38. The molecule has 2 aliphatic rings. The highest BCUT2D eigenvalue weighted by molar-refractivity contribution is 5.16. The number of ether oxygens (including phenoxy) is 1. The highest BCUT2D eigenvalue weighted by atomic mass is 19.1. The van der Waals surface area contributed by atoms with Crippen LogP contribution in [0.4, 0.5) is 8.78 Å². The normalized spacial score (nSPS) is 32.8. The molecule has 4 atom stereocenters. The first-order chi connectivity index (χ1) is 11.1. The van der Waals surface area contributed by atoms with Gasteiger partial charge in [0, 0.05) is 26.1 Å². The lowest BCUT2D eigenvalue weighted by atomic mass is 9.90. The summed E-state index contributed by atoms with van der Waals surface area (Å²) >= 11 is 0. The minimum Gasteiger partial charge on any atom is -0.375 e. The highest BCUT2D eigenvalue weighted by Crippen LogP contribution is 2.23. The van der Waals surface area contributed by atoms with Crippen molar-refractivity contribution < 1.29 is 13.5 Å². The fraction of sp³-hybridized carbons (Fsp3) is 0.667. The van der Waals surface area contributed by atoms with Gasteiger partial charge in [-0.2, -0.15) is 0 Å².